The van der Waals surface area contributed by atoms with Crippen molar-refractivity contribution in [2.24, 2.45) is 0 Å². The van der Waals surface area contributed by atoms with Crippen molar-refractivity contribution in [3.05, 3.63) is 66.4 Å². The van der Waals surface area contributed by atoms with Gasteiger partial charge in [0.15, 0.2) is 0 Å². The van der Waals surface area contributed by atoms with Crippen LogP contribution in [-0.4, -0.2) is 67.9 Å². The number of benzene rings is 2. The molecule has 1 aliphatic rings. The molecule has 1 atom stereocenters. The topological polar surface area (TPSA) is 128 Å². The molecule has 4 rings (SSSR count). The van der Waals surface area contributed by atoms with E-state index >= 15 is 0 Å². The number of aromatic nitrogens is 1. The van der Waals surface area contributed by atoms with Crippen molar-refractivity contribution in [2.75, 3.05) is 4.90 Å². The second-order valence-corrected chi connectivity index (χ2v) is 9.53. The van der Waals surface area contributed by atoms with E-state index in [2.05, 4.69) is 4.98 Å². The van der Waals surface area contributed by atoms with Gasteiger partial charge in [0.2, 0.25) is 0 Å². The number of urea groups is 1. The number of alkyl halides is 9. The fourth-order valence-corrected chi connectivity index (χ4v) is 3.96. The van der Waals surface area contributed by atoms with Gasteiger partial charge in [0, 0.05) is 23.0 Å². The van der Waals surface area contributed by atoms with Gasteiger partial charge in [-0.1, -0.05) is 18.2 Å². The number of aliphatic carboxylic acids is 2. The first-order valence-corrected chi connectivity index (χ1v) is 12.4. The number of carbonyl (C=O) groups is 4. The van der Waals surface area contributed by atoms with Gasteiger partial charge in [0.1, 0.15) is 6.04 Å². The summed E-state index contributed by atoms with van der Waals surface area (Å²) < 4.78 is 101. The van der Waals surface area contributed by atoms with Crippen molar-refractivity contribution in [3.63, 3.8) is 0 Å². The molecule has 1 aromatic heterocycles. The lowest BCUT2D eigenvalue weighted by atomic mass is 10.1. The SMILES string of the molecule is C[C@@H]1C(=O)N(c2ccc(SC(F)(F)F)cc2)C(=O)N1Cc1ccnc2ccccc12.O=C(O)C(F)(F)F.O=C(O)C(F)(F)F. The van der Waals surface area contributed by atoms with E-state index in [0.29, 0.717) is 0 Å². The number of para-hydroxylation sites is 1. The summed E-state index contributed by atoms with van der Waals surface area (Å²) in [5.41, 5.74) is -2.52. The van der Waals surface area contributed by atoms with E-state index in [0.717, 1.165) is 21.4 Å². The van der Waals surface area contributed by atoms with Gasteiger partial charge in [-0.2, -0.15) is 39.5 Å². The van der Waals surface area contributed by atoms with Crippen LogP contribution in [0.2, 0.25) is 0 Å². The van der Waals surface area contributed by atoms with Gasteiger partial charge in [0.25, 0.3) is 5.91 Å². The third-order valence-electron chi connectivity index (χ3n) is 5.38. The highest BCUT2D eigenvalue weighted by molar-refractivity contribution is 8.00. The minimum Gasteiger partial charge on any atom is -0.475 e. The molecule has 2 heterocycles. The minimum absolute atomic E-state index is 0.0153. The molecule has 0 spiro atoms. The highest BCUT2D eigenvalue weighted by atomic mass is 32.2. The van der Waals surface area contributed by atoms with Crippen LogP contribution in [0.1, 0.15) is 12.5 Å². The number of hydrogen-bond acceptors (Lipinski definition) is 6. The number of rotatable bonds is 4. The summed E-state index contributed by atoms with van der Waals surface area (Å²) in [4.78, 5) is 50.3. The summed E-state index contributed by atoms with van der Waals surface area (Å²) in [5.74, 6) is -5.94. The molecule has 3 amide bonds. The van der Waals surface area contributed by atoms with Gasteiger partial charge in [0.05, 0.1) is 11.2 Å². The zero-order valence-corrected chi connectivity index (χ0v) is 22.6. The van der Waals surface area contributed by atoms with Crippen molar-refractivity contribution >= 4 is 52.2 Å². The molecule has 0 bridgehead atoms. The summed E-state index contributed by atoms with van der Waals surface area (Å²) in [7, 11) is 0. The molecular formula is C25H18F9N3O6S. The molecule has 9 nitrogen and oxygen atoms in total. The number of carboxylic acids is 2. The Morgan fingerprint density at radius 3 is 1.82 bits per heavy atom. The molecule has 2 N–H and O–H groups in total. The molecule has 0 radical (unpaired) electrons. The number of anilines is 1. The Morgan fingerprint density at radius 2 is 1.34 bits per heavy atom. The first kappa shape index (κ1) is 35.6. The van der Waals surface area contributed by atoms with Crippen LogP contribution in [0.3, 0.4) is 0 Å². The summed E-state index contributed by atoms with van der Waals surface area (Å²) >= 11 is -0.247. The predicted octanol–water partition coefficient (Wildman–Crippen LogP) is 6.47. The van der Waals surface area contributed by atoms with Crippen molar-refractivity contribution in [1.29, 1.82) is 0 Å². The van der Waals surface area contributed by atoms with Gasteiger partial charge in [-0.15, -0.1) is 0 Å². The number of thioether (sulfide) groups is 1. The van der Waals surface area contributed by atoms with Gasteiger partial charge in [-0.25, -0.2) is 19.3 Å². The van der Waals surface area contributed by atoms with Gasteiger partial charge in [-0.05, 0) is 60.6 Å². The van der Waals surface area contributed by atoms with E-state index in [1.165, 1.54) is 29.2 Å². The Morgan fingerprint density at radius 1 is 0.841 bits per heavy atom. The Labute approximate surface area is 244 Å². The maximum Gasteiger partial charge on any atom is 0.490 e. The van der Waals surface area contributed by atoms with Crippen molar-refractivity contribution in [1.82, 2.24) is 9.88 Å². The van der Waals surface area contributed by atoms with Crippen LogP contribution in [-0.2, 0) is 20.9 Å². The maximum atomic E-state index is 13.0. The largest absolute Gasteiger partial charge is 0.490 e. The highest BCUT2D eigenvalue weighted by Gasteiger charge is 2.43. The second kappa shape index (κ2) is 13.8. The summed E-state index contributed by atoms with van der Waals surface area (Å²) in [6.45, 7) is 1.85. The van der Waals surface area contributed by atoms with Crippen molar-refractivity contribution in [2.45, 2.75) is 42.3 Å². The molecule has 3 aromatic rings. The van der Waals surface area contributed by atoms with Crippen LogP contribution in [0.25, 0.3) is 10.9 Å². The minimum atomic E-state index is -5.08. The van der Waals surface area contributed by atoms with Gasteiger partial charge in [-0.3, -0.25) is 9.78 Å². The normalized spacial score (nSPS) is 15.4. The van der Waals surface area contributed by atoms with Crippen LogP contribution in [0.15, 0.2) is 65.7 Å². The zero-order chi connectivity index (χ0) is 33.6. The zero-order valence-electron chi connectivity index (χ0n) is 21.7. The maximum absolute atomic E-state index is 13.0. The molecule has 0 unspecified atom stereocenters. The van der Waals surface area contributed by atoms with E-state index in [9.17, 15) is 49.1 Å². The first-order valence-electron chi connectivity index (χ1n) is 11.6. The molecule has 2 aromatic carbocycles. The quantitative estimate of drug-likeness (QED) is 0.185. The fraction of sp³-hybridized carbons (Fsp3) is 0.240. The average Bonchev–Trinajstić information content (AvgIpc) is 3.11. The molecule has 0 saturated carbocycles. The number of imide groups is 1. The lowest BCUT2D eigenvalue weighted by Gasteiger charge is -2.20. The van der Waals surface area contributed by atoms with E-state index in [-0.39, 0.29) is 28.9 Å². The molecule has 238 valence electrons. The summed E-state index contributed by atoms with van der Waals surface area (Å²) in [5, 5.41) is 15.1. The van der Waals surface area contributed by atoms with Crippen LogP contribution >= 0.6 is 11.8 Å². The van der Waals surface area contributed by atoms with Crippen molar-refractivity contribution in [3.8, 4) is 0 Å². The number of hydrogen-bond donors (Lipinski definition) is 2. The van der Waals surface area contributed by atoms with Gasteiger partial charge < -0.3 is 15.1 Å². The molecule has 44 heavy (non-hydrogen) atoms. The van der Waals surface area contributed by atoms with Gasteiger partial charge >= 0.3 is 35.8 Å². The number of pyridine rings is 1. The Bertz CT molecular complexity index is 1480. The Kier molecular flexibility index (Phi) is 11.2. The Balaban J connectivity index is 0.000000402. The molecule has 1 saturated heterocycles. The lowest BCUT2D eigenvalue weighted by Crippen LogP contribution is -2.33. The molecule has 1 fully saturated rings. The predicted molar refractivity (Wildman–Crippen MR) is 135 cm³/mol. The lowest BCUT2D eigenvalue weighted by molar-refractivity contribution is -0.193. The van der Waals surface area contributed by atoms with Crippen LogP contribution < -0.4 is 4.90 Å². The monoisotopic (exact) mass is 659 g/mol. The summed E-state index contributed by atoms with van der Waals surface area (Å²) in [6.07, 6.45) is -8.51. The number of carbonyl (C=O) groups excluding carboxylic acids is 2. The first-order chi connectivity index (χ1) is 20.1. The van der Waals surface area contributed by atoms with E-state index in [1.807, 2.05) is 24.3 Å². The molecule has 1 aliphatic heterocycles. The third-order valence-corrected chi connectivity index (χ3v) is 6.12. The van der Waals surface area contributed by atoms with E-state index < -0.39 is 47.8 Å². The fourth-order valence-electron chi connectivity index (χ4n) is 3.42. The smallest absolute Gasteiger partial charge is 0.475 e. The Hall–Kier alpha value is -4.55. The highest BCUT2D eigenvalue weighted by Crippen LogP contribution is 2.38. The van der Waals surface area contributed by atoms with Crippen LogP contribution in [0, 0.1) is 0 Å². The standard InChI is InChI=1S/C21H16F3N3O2S.2C2HF3O2/c1-13-19(28)27(15-6-8-16(9-7-15)30-21(22,23)24)20(29)26(13)12-14-10-11-25-18-5-3-2-4-17(14)18;2*3-2(4,5)1(6)7/h2-11,13H,12H2,1H3;2*(H,6,7)/t13-;;/m1../s1. The third kappa shape index (κ3) is 9.75. The number of amides is 3. The molecule has 19 heteroatoms. The summed E-state index contributed by atoms with van der Waals surface area (Å²) in [6, 6.07) is 13.3. The number of fused-ring (bicyclic) bond motifs is 1. The molecule has 0 aliphatic carbocycles. The second-order valence-electron chi connectivity index (χ2n) is 8.39. The number of carboxylic acid groups (broad SMARTS) is 2. The van der Waals surface area contributed by atoms with Crippen LogP contribution in [0.5, 0.6) is 0 Å². The number of nitrogens with zero attached hydrogens (tertiary/aromatic N) is 3. The number of halogens is 9. The van der Waals surface area contributed by atoms with E-state index in [4.69, 9.17) is 19.8 Å². The van der Waals surface area contributed by atoms with Crippen molar-refractivity contribution < 1.29 is 68.9 Å². The van der Waals surface area contributed by atoms with Crippen LogP contribution in [0.4, 0.5) is 50.0 Å². The van der Waals surface area contributed by atoms with E-state index in [1.54, 1.807) is 19.2 Å². The average molecular weight is 659 g/mol. The molecular weight excluding hydrogens is 641 g/mol.